The molecule has 2 fully saturated rings. The zero-order chi connectivity index (χ0) is 19.0. The average molecular weight is 369 g/mol. The molecule has 7 heteroatoms. The topological polar surface area (TPSA) is 66.4 Å². The Balaban J connectivity index is 1.84. The Morgan fingerprint density at radius 2 is 2.04 bits per heavy atom. The maximum absolute atomic E-state index is 12.7. The number of methoxy groups -OCH3 is 1. The summed E-state index contributed by atoms with van der Waals surface area (Å²) in [7, 11) is 7.21. The Morgan fingerprint density at radius 3 is 2.65 bits per heavy atom. The Hall–Kier alpha value is -1.34. The van der Waals surface area contributed by atoms with Crippen molar-refractivity contribution in [2.75, 3.05) is 67.7 Å². The summed E-state index contributed by atoms with van der Waals surface area (Å²) in [5.41, 5.74) is -0.276. The summed E-state index contributed by atoms with van der Waals surface area (Å²) in [4.78, 5) is 21.2. The summed E-state index contributed by atoms with van der Waals surface area (Å²) in [5, 5.41) is 3.49. The zero-order valence-corrected chi connectivity index (χ0v) is 16.9. The predicted octanol–water partition coefficient (Wildman–Crippen LogP) is 1.20. The van der Waals surface area contributed by atoms with E-state index in [1.165, 1.54) is 0 Å². The standard InChI is InChI=1S/C19H36N4O3/c1-20-18(23-10-7-16(13-23)14-26-12-11-25-4)21-15-19(8-5-6-9-19)17(24)22(2)3/h16H,5-15H2,1-4H3,(H,20,21). The SMILES string of the molecule is CN=C(NCC1(C(=O)N(C)C)CCCC1)N1CCC(COCCOC)C1. The number of nitrogens with one attached hydrogen (secondary N) is 1. The van der Waals surface area contributed by atoms with Crippen LogP contribution >= 0.6 is 0 Å². The van der Waals surface area contributed by atoms with E-state index in [0.29, 0.717) is 25.7 Å². The summed E-state index contributed by atoms with van der Waals surface area (Å²) in [6.45, 7) is 4.65. The molecule has 1 saturated heterocycles. The Morgan fingerprint density at radius 1 is 1.31 bits per heavy atom. The molecule has 1 aliphatic heterocycles. The number of likely N-dealkylation sites (tertiary alicyclic amines) is 1. The van der Waals surface area contributed by atoms with Crippen LogP contribution in [0.1, 0.15) is 32.1 Å². The van der Waals surface area contributed by atoms with Gasteiger partial charge in [0.2, 0.25) is 5.91 Å². The van der Waals surface area contributed by atoms with Crippen LogP contribution in [0.5, 0.6) is 0 Å². The van der Waals surface area contributed by atoms with E-state index in [-0.39, 0.29) is 11.3 Å². The summed E-state index contributed by atoms with van der Waals surface area (Å²) < 4.78 is 10.7. The zero-order valence-electron chi connectivity index (χ0n) is 16.9. The molecular weight excluding hydrogens is 332 g/mol. The molecule has 0 bridgehead atoms. The van der Waals surface area contributed by atoms with E-state index in [1.807, 2.05) is 21.1 Å². The van der Waals surface area contributed by atoms with Crippen molar-refractivity contribution in [3.05, 3.63) is 0 Å². The van der Waals surface area contributed by atoms with Gasteiger partial charge in [0.15, 0.2) is 5.96 Å². The highest BCUT2D eigenvalue weighted by atomic mass is 16.5. The smallest absolute Gasteiger partial charge is 0.230 e. The van der Waals surface area contributed by atoms with Crippen molar-refractivity contribution in [3.63, 3.8) is 0 Å². The van der Waals surface area contributed by atoms with Crippen molar-refractivity contribution in [2.45, 2.75) is 32.1 Å². The van der Waals surface area contributed by atoms with E-state index in [1.54, 1.807) is 12.0 Å². The van der Waals surface area contributed by atoms with Crippen molar-refractivity contribution >= 4 is 11.9 Å². The normalized spacial score (nSPS) is 22.7. The number of carbonyl (C=O) groups excluding carboxylic acids is 1. The van der Waals surface area contributed by atoms with Crippen molar-refractivity contribution in [1.29, 1.82) is 0 Å². The molecule has 7 nitrogen and oxygen atoms in total. The first-order valence-electron chi connectivity index (χ1n) is 9.76. The lowest BCUT2D eigenvalue weighted by Gasteiger charge is -2.32. The van der Waals surface area contributed by atoms with Gasteiger partial charge in [-0.1, -0.05) is 12.8 Å². The molecule has 0 spiro atoms. The van der Waals surface area contributed by atoms with E-state index < -0.39 is 0 Å². The number of rotatable bonds is 8. The first kappa shape index (κ1) is 21.0. The third-order valence-corrected chi connectivity index (χ3v) is 5.59. The average Bonchev–Trinajstić information content (AvgIpc) is 3.29. The molecule has 1 amide bonds. The highest BCUT2D eigenvalue weighted by Crippen LogP contribution is 2.39. The van der Waals surface area contributed by atoms with Gasteiger partial charge < -0.3 is 24.6 Å². The number of nitrogens with zero attached hydrogens (tertiary/aromatic N) is 3. The number of hydrogen-bond acceptors (Lipinski definition) is 4. The molecular formula is C19H36N4O3. The summed E-state index contributed by atoms with van der Waals surface area (Å²) in [6, 6.07) is 0. The molecule has 150 valence electrons. The largest absolute Gasteiger partial charge is 0.382 e. The highest BCUT2D eigenvalue weighted by molar-refractivity contribution is 5.85. The van der Waals surface area contributed by atoms with Crippen LogP contribution in [0.4, 0.5) is 0 Å². The summed E-state index contributed by atoms with van der Waals surface area (Å²) >= 11 is 0. The van der Waals surface area contributed by atoms with E-state index in [2.05, 4.69) is 15.2 Å². The number of aliphatic imine (C=N–C) groups is 1. The second-order valence-electron chi connectivity index (χ2n) is 7.76. The number of amides is 1. The molecule has 1 atom stereocenters. The van der Waals surface area contributed by atoms with Gasteiger partial charge in [-0.25, -0.2) is 0 Å². The van der Waals surface area contributed by atoms with E-state index in [0.717, 1.165) is 57.8 Å². The van der Waals surface area contributed by atoms with Gasteiger partial charge in [-0.05, 0) is 19.3 Å². The van der Waals surface area contributed by atoms with Gasteiger partial charge in [-0.2, -0.15) is 0 Å². The Bertz CT molecular complexity index is 475. The van der Waals surface area contributed by atoms with Gasteiger partial charge in [0.25, 0.3) is 0 Å². The number of ether oxygens (including phenoxy) is 2. The monoisotopic (exact) mass is 368 g/mol. The molecule has 0 aromatic rings. The molecule has 1 aliphatic carbocycles. The first-order valence-corrected chi connectivity index (χ1v) is 9.76. The van der Waals surface area contributed by atoms with Crippen molar-refractivity contribution in [2.24, 2.45) is 16.3 Å². The lowest BCUT2D eigenvalue weighted by molar-refractivity contribution is -0.138. The lowest BCUT2D eigenvalue weighted by atomic mass is 9.84. The van der Waals surface area contributed by atoms with Crippen LogP contribution < -0.4 is 5.32 Å². The molecule has 1 N–H and O–H groups in total. The number of guanidine groups is 1. The first-order chi connectivity index (χ1) is 12.5. The van der Waals surface area contributed by atoms with Crippen LogP contribution in [-0.4, -0.2) is 89.4 Å². The third-order valence-electron chi connectivity index (χ3n) is 5.59. The lowest BCUT2D eigenvalue weighted by Crippen LogP contribution is -2.49. The van der Waals surface area contributed by atoms with Crippen LogP contribution in [-0.2, 0) is 14.3 Å². The minimum absolute atomic E-state index is 0.240. The molecule has 2 aliphatic rings. The van der Waals surface area contributed by atoms with Gasteiger partial charge in [-0.15, -0.1) is 0 Å². The van der Waals surface area contributed by atoms with Crippen molar-refractivity contribution in [3.8, 4) is 0 Å². The van der Waals surface area contributed by atoms with Crippen LogP contribution in [0.3, 0.4) is 0 Å². The Kier molecular flexibility index (Phi) is 8.15. The number of hydrogen-bond donors (Lipinski definition) is 1. The highest BCUT2D eigenvalue weighted by Gasteiger charge is 2.42. The van der Waals surface area contributed by atoms with Crippen molar-refractivity contribution in [1.82, 2.24) is 15.1 Å². The predicted molar refractivity (Wildman–Crippen MR) is 103 cm³/mol. The van der Waals surface area contributed by atoms with Gasteiger partial charge in [-0.3, -0.25) is 9.79 Å². The van der Waals surface area contributed by atoms with Gasteiger partial charge in [0, 0.05) is 53.8 Å². The van der Waals surface area contributed by atoms with E-state index in [9.17, 15) is 4.79 Å². The second kappa shape index (κ2) is 10.1. The molecule has 26 heavy (non-hydrogen) atoms. The minimum Gasteiger partial charge on any atom is -0.382 e. The Labute approximate surface area is 158 Å². The fraction of sp³-hybridized carbons (Fsp3) is 0.895. The summed E-state index contributed by atoms with van der Waals surface area (Å²) in [6.07, 6.45) is 5.29. The van der Waals surface area contributed by atoms with Crippen LogP contribution in [0.25, 0.3) is 0 Å². The number of carbonyl (C=O) groups is 1. The van der Waals surface area contributed by atoms with Crippen molar-refractivity contribution < 1.29 is 14.3 Å². The maximum atomic E-state index is 12.7. The fourth-order valence-corrected chi connectivity index (χ4v) is 4.13. The van der Waals surface area contributed by atoms with Crippen LogP contribution in [0.15, 0.2) is 4.99 Å². The van der Waals surface area contributed by atoms with E-state index in [4.69, 9.17) is 9.47 Å². The van der Waals surface area contributed by atoms with E-state index >= 15 is 0 Å². The van der Waals surface area contributed by atoms with Gasteiger partial charge in [0.05, 0.1) is 25.2 Å². The van der Waals surface area contributed by atoms with Gasteiger partial charge in [0.1, 0.15) is 0 Å². The molecule has 0 aromatic heterocycles. The van der Waals surface area contributed by atoms with Crippen LogP contribution in [0.2, 0.25) is 0 Å². The molecule has 0 radical (unpaired) electrons. The molecule has 1 heterocycles. The molecule has 1 saturated carbocycles. The second-order valence-corrected chi connectivity index (χ2v) is 7.76. The molecule has 2 rings (SSSR count). The maximum Gasteiger partial charge on any atom is 0.230 e. The molecule has 1 unspecified atom stereocenters. The summed E-state index contributed by atoms with van der Waals surface area (Å²) in [5.74, 6) is 1.67. The minimum atomic E-state index is -0.276. The fourth-order valence-electron chi connectivity index (χ4n) is 4.13. The van der Waals surface area contributed by atoms with Crippen LogP contribution in [0, 0.1) is 11.3 Å². The third kappa shape index (κ3) is 5.33. The van der Waals surface area contributed by atoms with Gasteiger partial charge >= 0.3 is 0 Å². The quantitative estimate of drug-likeness (QED) is 0.396. The molecule has 0 aromatic carbocycles.